The van der Waals surface area contributed by atoms with Crippen LogP contribution in [0.25, 0.3) is 0 Å². The topological polar surface area (TPSA) is 58.2 Å². The van der Waals surface area contributed by atoms with E-state index in [1.165, 1.54) is 12.1 Å². The smallest absolute Gasteiger partial charge is 0.251 e. The number of amides is 2. The first kappa shape index (κ1) is 17.1. The molecule has 0 radical (unpaired) electrons. The van der Waals surface area contributed by atoms with Crippen LogP contribution in [0.15, 0.2) is 53.0 Å². The van der Waals surface area contributed by atoms with Gasteiger partial charge in [0.1, 0.15) is 5.82 Å². The fraction of sp³-hybridized carbons (Fsp3) is 0.176. The molecule has 0 spiro atoms. The molecule has 1 atom stereocenters. The van der Waals surface area contributed by atoms with Gasteiger partial charge in [0.05, 0.1) is 12.6 Å². The van der Waals surface area contributed by atoms with E-state index >= 15 is 0 Å². The summed E-state index contributed by atoms with van der Waals surface area (Å²) in [5.41, 5.74) is 1.26. The summed E-state index contributed by atoms with van der Waals surface area (Å²) < 4.78 is 13.7. The van der Waals surface area contributed by atoms with Crippen LogP contribution >= 0.6 is 15.9 Å². The van der Waals surface area contributed by atoms with E-state index in [0.29, 0.717) is 5.56 Å². The van der Waals surface area contributed by atoms with Crippen molar-refractivity contribution in [3.8, 4) is 0 Å². The average molecular weight is 379 g/mol. The van der Waals surface area contributed by atoms with E-state index < -0.39 is 0 Å². The summed E-state index contributed by atoms with van der Waals surface area (Å²) in [6, 6.07) is 12.5. The standard InChI is InChI=1S/C17H16BrFN2O2/c1-11(12-5-7-15(19)8-6-12)21-16(22)10-20-17(23)13-3-2-4-14(18)9-13/h2-9,11H,10H2,1H3,(H,20,23)(H,21,22). The van der Waals surface area contributed by atoms with Gasteiger partial charge in [-0.1, -0.05) is 34.1 Å². The lowest BCUT2D eigenvalue weighted by Crippen LogP contribution is -2.38. The zero-order valence-corrected chi connectivity index (χ0v) is 14.1. The Hall–Kier alpha value is -2.21. The predicted molar refractivity (Wildman–Crippen MR) is 89.4 cm³/mol. The highest BCUT2D eigenvalue weighted by molar-refractivity contribution is 9.10. The van der Waals surface area contributed by atoms with Crippen LogP contribution in [0, 0.1) is 5.82 Å². The molecule has 2 N–H and O–H groups in total. The first-order valence-electron chi connectivity index (χ1n) is 7.04. The van der Waals surface area contributed by atoms with Gasteiger partial charge in [0.2, 0.25) is 5.91 Å². The highest BCUT2D eigenvalue weighted by Crippen LogP contribution is 2.13. The van der Waals surface area contributed by atoms with Crippen molar-refractivity contribution in [2.45, 2.75) is 13.0 Å². The van der Waals surface area contributed by atoms with E-state index in [9.17, 15) is 14.0 Å². The summed E-state index contributed by atoms with van der Waals surface area (Å²) in [6.07, 6.45) is 0. The molecule has 0 saturated carbocycles. The molecule has 2 amide bonds. The molecular weight excluding hydrogens is 363 g/mol. The third kappa shape index (κ3) is 5.17. The summed E-state index contributed by atoms with van der Waals surface area (Å²) in [5.74, 6) is -0.963. The minimum Gasteiger partial charge on any atom is -0.348 e. The summed E-state index contributed by atoms with van der Waals surface area (Å²) in [7, 11) is 0. The van der Waals surface area contributed by atoms with Crippen LogP contribution < -0.4 is 10.6 Å². The molecule has 4 nitrogen and oxygen atoms in total. The van der Waals surface area contributed by atoms with E-state index in [2.05, 4.69) is 26.6 Å². The zero-order chi connectivity index (χ0) is 16.8. The first-order chi connectivity index (χ1) is 11.0. The SMILES string of the molecule is CC(NC(=O)CNC(=O)c1cccc(Br)c1)c1ccc(F)cc1. The van der Waals surface area contributed by atoms with Gasteiger partial charge in [0, 0.05) is 10.0 Å². The molecule has 0 aliphatic rings. The van der Waals surface area contributed by atoms with E-state index in [1.807, 2.05) is 6.07 Å². The second-order valence-electron chi connectivity index (χ2n) is 5.03. The second-order valence-corrected chi connectivity index (χ2v) is 5.95. The molecule has 0 bridgehead atoms. The Balaban J connectivity index is 1.85. The van der Waals surface area contributed by atoms with Crippen molar-refractivity contribution < 1.29 is 14.0 Å². The maximum absolute atomic E-state index is 12.9. The predicted octanol–water partition coefficient (Wildman–Crippen LogP) is 3.20. The van der Waals surface area contributed by atoms with Gasteiger partial charge in [-0.2, -0.15) is 0 Å². The van der Waals surface area contributed by atoms with Gasteiger partial charge in [-0.3, -0.25) is 9.59 Å². The molecule has 0 heterocycles. The first-order valence-corrected chi connectivity index (χ1v) is 7.83. The number of hydrogen-bond acceptors (Lipinski definition) is 2. The van der Waals surface area contributed by atoms with Crippen molar-refractivity contribution in [2.75, 3.05) is 6.54 Å². The minimum absolute atomic E-state index is 0.128. The Morgan fingerprint density at radius 2 is 1.87 bits per heavy atom. The van der Waals surface area contributed by atoms with Crippen LogP contribution in [0.2, 0.25) is 0 Å². The molecule has 0 fully saturated rings. The molecule has 120 valence electrons. The van der Waals surface area contributed by atoms with Crippen LogP contribution in [0.3, 0.4) is 0 Å². The lowest BCUT2D eigenvalue weighted by Gasteiger charge is -2.14. The normalized spacial score (nSPS) is 11.6. The quantitative estimate of drug-likeness (QED) is 0.839. The molecule has 6 heteroatoms. The summed E-state index contributed by atoms with van der Waals surface area (Å²) in [6.45, 7) is 1.66. The maximum Gasteiger partial charge on any atom is 0.251 e. The summed E-state index contributed by atoms with van der Waals surface area (Å²) in [5, 5.41) is 5.31. The largest absolute Gasteiger partial charge is 0.348 e. The van der Waals surface area contributed by atoms with Crippen LogP contribution in [0.1, 0.15) is 28.9 Å². The third-order valence-electron chi connectivity index (χ3n) is 3.24. The van der Waals surface area contributed by atoms with Crippen molar-refractivity contribution in [2.24, 2.45) is 0 Å². The second kappa shape index (κ2) is 7.87. The van der Waals surface area contributed by atoms with Crippen molar-refractivity contribution in [3.63, 3.8) is 0 Å². The Morgan fingerprint density at radius 3 is 2.52 bits per heavy atom. The molecule has 2 aromatic carbocycles. The zero-order valence-electron chi connectivity index (χ0n) is 12.5. The van der Waals surface area contributed by atoms with Crippen molar-refractivity contribution in [1.29, 1.82) is 0 Å². The molecule has 0 aromatic heterocycles. The summed E-state index contributed by atoms with van der Waals surface area (Å²) in [4.78, 5) is 23.8. The van der Waals surface area contributed by atoms with Crippen LogP contribution in [-0.4, -0.2) is 18.4 Å². The van der Waals surface area contributed by atoms with Gasteiger partial charge in [-0.05, 0) is 42.8 Å². The number of carbonyl (C=O) groups is 2. The maximum atomic E-state index is 12.9. The molecule has 2 aromatic rings. The Bertz CT molecular complexity index is 704. The van der Waals surface area contributed by atoms with Gasteiger partial charge in [0.15, 0.2) is 0 Å². The molecule has 2 rings (SSSR count). The monoisotopic (exact) mass is 378 g/mol. The number of rotatable bonds is 5. The van der Waals surface area contributed by atoms with Gasteiger partial charge in [-0.15, -0.1) is 0 Å². The minimum atomic E-state index is -0.325. The Kier molecular flexibility index (Phi) is 5.87. The Morgan fingerprint density at radius 1 is 1.17 bits per heavy atom. The fourth-order valence-electron chi connectivity index (χ4n) is 2.02. The summed E-state index contributed by atoms with van der Waals surface area (Å²) >= 11 is 3.29. The number of nitrogens with one attached hydrogen (secondary N) is 2. The van der Waals surface area contributed by atoms with Gasteiger partial charge >= 0.3 is 0 Å². The van der Waals surface area contributed by atoms with Crippen LogP contribution in [0.4, 0.5) is 4.39 Å². The van der Waals surface area contributed by atoms with Gasteiger partial charge < -0.3 is 10.6 Å². The highest BCUT2D eigenvalue weighted by atomic mass is 79.9. The third-order valence-corrected chi connectivity index (χ3v) is 3.74. The molecule has 0 aliphatic heterocycles. The lowest BCUT2D eigenvalue weighted by atomic mass is 10.1. The van der Waals surface area contributed by atoms with Crippen molar-refractivity contribution >= 4 is 27.7 Å². The average Bonchev–Trinajstić information content (AvgIpc) is 2.53. The molecule has 1 unspecified atom stereocenters. The van der Waals surface area contributed by atoms with Crippen LogP contribution in [0.5, 0.6) is 0 Å². The molecular formula is C17H16BrFN2O2. The molecule has 0 aliphatic carbocycles. The van der Waals surface area contributed by atoms with Crippen LogP contribution in [-0.2, 0) is 4.79 Å². The lowest BCUT2D eigenvalue weighted by molar-refractivity contribution is -0.120. The van der Waals surface area contributed by atoms with Gasteiger partial charge in [0.25, 0.3) is 5.91 Å². The Labute approximate surface area is 142 Å². The number of halogens is 2. The van der Waals surface area contributed by atoms with Crippen molar-refractivity contribution in [1.82, 2.24) is 10.6 Å². The van der Waals surface area contributed by atoms with Gasteiger partial charge in [-0.25, -0.2) is 4.39 Å². The van der Waals surface area contributed by atoms with E-state index in [4.69, 9.17) is 0 Å². The van der Waals surface area contributed by atoms with E-state index in [0.717, 1.165) is 10.0 Å². The van der Waals surface area contributed by atoms with Crippen molar-refractivity contribution in [3.05, 3.63) is 69.9 Å². The van der Waals surface area contributed by atoms with E-state index in [-0.39, 0.29) is 30.2 Å². The molecule has 23 heavy (non-hydrogen) atoms. The number of benzene rings is 2. The highest BCUT2D eigenvalue weighted by Gasteiger charge is 2.12. The molecule has 0 saturated heterocycles. The van der Waals surface area contributed by atoms with E-state index in [1.54, 1.807) is 37.3 Å². The fourth-order valence-corrected chi connectivity index (χ4v) is 2.42. The number of hydrogen-bond donors (Lipinski definition) is 2. The number of carbonyl (C=O) groups excluding carboxylic acids is 2.